The van der Waals surface area contributed by atoms with Gasteiger partial charge in [-0.3, -0.25) is 4.79 Å². The molecule has 0 saturated carbocycles. The van der Waals surface area contributed by atoms with Gasteiger partial charge < -0.3 is 10.3 Å². The first-order valence-electron chi connectivity index (χ1n) is 6.04. The summed E-state index contributed by atoms with van der Waals surface area (Å²) in [6, 6.07) is 7.68. The zero-order valence-electron chi connectivity index (χ0n) is 9.98. The Morgan fingerprint density at radius 2 is 1.89 bits per heavy atom. The van der Waals surface area contributed by atoms with Gasteiger partial charge in [-0.25, -0.2) is 4.98 Å². The third kappa shape index (κ3) is 2.40. The van der Waals surface area contributed by atoms with E-state index in [1.165, 1.54) is 0 Å². The predicted octanol–water partition coefficient (Wildman–Crippen LogP) is 1.81. The van der Waals surface area contributed by atoms with Gasteiger partial charge >= 0.3 is 0 Å². The van der Waals surface area contributed by atoms with Crippen LogP contribution in [0.5, 0.6) is 0 Å². The van der Waals surface area contributed by atoms with Crippen LogP contribution in [-0.2, 0) is 0 Å². The van der Waals surface area contributed by atoms with Crippen molar-refractivity contribution in [2.45, 2.75) is 18.8 Å². The number of aromatic nitrogens is 2. The number of aromatic amines is 1. The number of H-pyrrole nitrogens is 1. The predicted molar refractivity (Wildman–Crippen MR) is 74.5 cm³/mol. The van der Waals surface area contributed by atoms with Crippen LogP contribution in [0.2, 0.25) is 0 Å². The molecule has 0 amide bonds. The number of nitrogens with one attached hydrogen (secondary N) is 2. The van der Waals surface area contributed by atoms with Crippen LogP contribution in [0, 0.1) is 0 Å². The van der Waals surface area contributed by atoms with E-state index in [4.69, 9.17) is 0 Å². The first kappa shape index (κ1) is 13.1. The fraction of sp³-hybridized carbons (Fsp3) is 0.385. The minimum atomic E-state index is -0.0319. The highest BCUT2D eigenvalue weighted by molar-refractivity contribution is 5.85. The molecule has 0 unspecified atom stereocenters. The lowest BCUT2D eigenvalue weighted by Crippen LogP contribution is -2.30. The summed E-state index contributed by atoms with van der Waals surface area (Å²) in [5.74, 6) is 0.296. The molecule has 2 heterocycles. The molecule has 2 N–H and O–H groups in total. The van der Waals surface area contributed by atoms with Gasteiger partial charge in [0.25, 0.3) is 5.56 Å². The van der Waals surface area contributed by atoms with Gasteiger partial charge in [0, 0.05) is 5.92 Å². The van der Waals surface area contributed by atoms with Crippen molar-refractivity contribution in [3.05, 3.63) is 40.3 Å². The summed E-state index contributed by atoms with van der Waals surface area (Å²) in [4.78, 5) is 19.4. The molecule has 0 spiro atoms. The first-order chi connectivity index (χ1) is 8.34. The molecule has 0 aliphatic carbocycles. The number of hydrogen-bond acceptors (Lipinski definition) is 3. The fourth-order valence-electron chi connectivity index (χ4n) is 2.42. The van der Waals surface area contributed by atoms with Crippen LogP contribution in [-0.4, -0.2) is 23.1 Å². The third-order valence-electron chi connectivity index (χ3n) is 3.35. The number of rotatable bonds is 1. The molecule has 1 aliphatic rings. The quantitative estimate of drug-likeness (QED) is 0.827. The van der Waals surface area contributed by atoms with Gasteiger partial charge in [-0.15, -0.1) is 12.4 Å². The zero-order valence-corrected chi connectivity index (χ0v) is 10.8. The maximum Gasteiger partial charge on any atom is 0.270 e. The summed E-state index contributed by atoms with van der Waals surface area (Å²) in [6.07, 6.45) is 1.99. The molecule has 4 nitrogen and oxygen atoms in total. The minimum Gasteiger partial charge on any atom is -0.319 e. The smallest absolute Gasteiger partial charge is 0.270 e. The number of fused-ring (bicyclic) bond motifs is 1. The second-order valence-electron chi connectivity index (χ2n) is 4.49. The van der Waals surface area contributed by atoms with Crippen molar-refractivity contribution < 1.29 is 0 Å². The van der Waals surface area contributed by atoms with E-state index in [9.17, 15) is 4.79 Å². The Morgan fingerprint density at radius 3 is 2.67 bits per heavy atom. The highest BCUT2D eigenvalue weighted by Gasteiger charge is 2.19. The molecule has 3 rings (SSSR count). The van der Waals surface area contributed by atoms with E-state index < -0.39 is 0 Å². The summed E-state index contributed by atoms with van der Waals surface area (Å²) in [7, 11) is 0. The maximum atomic E-state index is 12.0. The lowest BCUT2D eigenvalue weighted by Gasteiger charge is -2.21. The Kier molecular flexibility index (Phi) is 3.99. The molecule has 5 heteroatoms. The van der Waals surface area contributed by atoms with Crippen LogP contribution in [0.3, 0.4) is 0 Å². The summed E-state index contributed by atoms with van der Waals surface area (Å²) < 4.78 is 0. The van der Waals surface area contributed by atoms with E-state index in [1.807, 2.05) is 24.3 Å². The molecular weight excluding hydrogens is 250 g/mol. The van der Waals surface area contributed by atoms with Gasteiger partial charge in [0.2, 0.25) is 0 Å². The summed E-state index contributed by atoms with van der Waals surface area (Å²) in [5.41, 5.74) is 2.36. The van der Waals surface area contributed by atoms with Crippen molar-refractivity contribution in [1.29, 1.82) is 0 Å². The number of para-hydroxylation sites is 2. The minimum absolute atomic E-state index is 0. The van der Waals surface area contributed by atoms with Gasteiger partial charge in [-0.1, -0.05) is 12.1 Å². The first-order valence-corrected chi connectivity index (χ1v) is 6.04. The van der Waals surface area contributed by atoms with Crippen LogP contribution in [0.4, 0.5) is 0 Å². The van der Waals surface area contributed by atoms with E-state index in [2.05, 4.69) is 15.3 Å². The molecule has 1 fully saturated rings. The third-order valence-corrected chi connectivity index (χ3v) is 3.35. The maximum absolute atomic E-state index is 12.0. The highest BCUT2D eigenvalue weighted by atomic mass is 35.5. The zero-order chi connectivity index (χ0) is 11.7. The Labute approximate surface area is 111 Å². The van der Waals surface area contributed by atoms with Gasteiger partial charge in [-0.05, 0) is 38.1 Å². The van der Waals surface area contributed by atoms with Crippen LogP contribution < -0.4 is 10.9 Å². The molecule has 18 heavy (non-hydrogen) atoms. The van der Waals surface area contributed by atoms with Crippen molar-refractivity contribution in [2.75, 3.05) is 13.1 Å². The van der Waals surface area contributed by atoms with Crippen molar-refractivity contribution in [1.82, 2.24) is 15.3 Å². The molecule has 1 aromatic carbocycles. The Balaban J connectivity index is 0.00000120. The summed E-state index contributed by atoms with van der Waals surface area (Å²) in [6.45, 7) is 1.94. The molecule has 1 aromatic heterocycles. The number of halogens is 1. The van der Waals surface area contributed by atoms with Crippen LogP contribution in [0.15, 0.2) is 29.1 Å². The van der Waals surface area contributed by atoms with E-state index in [0.717, 1.165) is 37.0 Å². The second-order valence-corrected chi connectivity index (χ2v) is 4.49. The van der Waals surface area contributed by atoms with Crippen molar-refractivity contribution >= 4 is 23.4 Å². The van der Waals surface area contributed by atoms with Gasteiger partial charge in [0.15, 0.2) is 0 Å². The summed E-state index contributed by atoms with van der Waals surface area (Å²) in [5, 5.41) is 3.30. The largest absolute Gasteiger partial charge is 0.319 e. The summed E-state index contributed by atoms with van der Waals surface area (Å²) >= 11 is 0. The van der Waals surface area contributed by atoms with Crippen LogP contribution in [0.1, 0.15) is 24.5 Å². The molecule has 1 saturated heterocycles. The SMILES string of the molecule is Cl.O=c1[nH]c2ccccc2nc1C1CCNCC1. The molecule has 1 aliphatic heterocycles. The normalized spacial score (nSPS) is 16.4. The van der Waals surface area contributed by atoms with E-state index in [1.54, 1.807) is 0 Å². The molecule has 0 radical (unpaired) electrons. The molecular formula is C13H16ClN3O. The lowest BCUT2D eigenvalue weighted by molar-refractivity contribution is 0.451. The fourth-order valence-corrected chi connectivity index (χ4v) is 2.42. The average Bonchev–Trinajstić information content (AvgIpc) is 2.39. The number of hydrogen-bond donors (Lipinski definition) is 2. The Hall–Kier alpha value is -1.39. The van der Waals surface area contributed by atoms with E-state index in [-0.39, 0.29) is 18.0 Å². The standard InChI is InChI=1S/C13H15N3O.ClH/c17-13-12(9-5-7-14-8-6-9)15-10-3-1-2-4-11(10)16-13;/h1-4,9,14H,5-8H2,(H,16,17);1H. The van der Waals surface area contributed by atoms with Crippen molar-refractivity contribution in [2.24, 2.45) is 0 Å². The topological polar surface area (TPSA) is 57.8 Å². The van der Waals surface area contributed by atoms with Gasteiger partial charge in [0.05, 0.1) is 11.0 Å². The molecule has 0 atom stereocenters. The van der Waals surface area contributed by atoms with Crippen molar-refractivity contribution in [3.63, 3.8) is 0 Å². The number of nitrogens with zero attached hydrogens (tertiary/aromatic N) is 1. The number of benzene rings is 1. The Bertz CT molecular complexity index is 590. The van der Waals surface area contributed by atoms with Gasteiger partial charge in [0.1, 0.15) is 5.69 Å². The molecule has 0 bridgehead atoms. The van der Waals surface area contributed by atoms with Crippen LogP contribution >= 0.6 is 12.4 Å². The second kappa shape index (κ2) is 5.50. The monoisotopic (exact) mass is 265 g/mol. The van der Waals surface area contributed by atoms with E-state index >= 15 is 0 Å². The molecule has 96 valence electrons. The molecule has 2 aromatic rings. The van der Waals surface area contributed by atoms with Gasteiger partial charge in [-0.2, -0.15) is 0 Å². The average molecular weight is 266 g/mol. The lowest BCUT2D eigenvalue weighted by atomic mass is 9.95. The highest BCUT2D eigenvalue weighted by Crippen LogP contribution is 2.21. The van der Waals surface area contributed by atoms with E-state index in [0.29, 0.717) is 11.6 Å². The van der Waals surface area contributed by atoms with Crippen molar-refractivity contribution in [3.8, 4) is 0 Å². The number of piperidine rings is 1. The Morgan fingerprint density at radius 1 is 1.17 bits per heavy atom. The van der Waals surface area contributed by atoms with Crippen LogP contribution in [0.25, 0.3) is 11.0 Å².